The maximum absolute atomic E-state index is 4.01. The van der Waals surface area contributed by atoms with Gasteiger partial charge in [0.2, 0.25) is 0 Å². The van der Waals surface area contributed by atoms with Gasteiger partial charge >= 0.3 is 0 Å². The van der Waals surface area contributed by atoms with Crippen LogP contribution in [0.1, 0.15) is 20.3 Å². The van der Waals surface area contributed by atoms with Gasteiger partial charge in [-0.2, -0.15) is 11.8 Å². The van der Waals surface area contributed by atoms with Crippen molar-refractivity contribution in [1.29, 1.82) is 0 Å². The predicted octanol–water partition coefficient (Wildman–Crippen LogP) is 2.00. The van der Waals surface area contributed by atoms with Gasteiger partial charge in [0.15, 0.2) is 0 Å². The van der Waals surface area contributed by atoms with E-state index in [0.29, 0.717) is 4.75 Å². The lowest BCUT2D eigenvalue weighted by Gasteiger charge is -2.22. The van der Waals surface area contributed by atoms with Crippen molar-refractivity contribution in [2.75, 3.05) is 19.3 Å². The highest BCUT2D eigenvalue weighted by molar-refractivity contribution is 7.99. The second-order valence-corrected chi connectivity index (χ2v) is 5.81. The summed E-state index contributed by atoms with van der Waals surface area (Å²) in [6, 6.07) is 0. The lowest BCUT2D eigenvalue weighted by molar-refractivity contribution is 0.545. The van der Waals surface area contributed by atoms with Gasteiger partial charge in [0.1, 0.15) is 0 Å². The fraction of sp³-hybridized carbons (Fsp3) is 0.727. The number of rotatable bonds is 7. The average Bonchev–Trinajstić information content (AvgIpc) is 2.70. The van der Waals surface area contributed by atoms with Crippen molar-refractivity contribution in [1.82, 2.24) is 14.9 Å². The molecule has 1 N–H and O–H groups in total. The Hall–Kier alpha value is -0.480. The molecule has 0 saturated heterocycles. The van der Waals surface area contributed by atoms with Crippen LogP contribution in [-0.4, -0.2) is 33.6 Å². The summed E-state index contributed by atoms with van der Waals surface area (Å²) in [7, 11) is 0. The minimum Gasteiger partial charge on any atom is -0.337 e. The Morgan fingerprint density at radius 2 is 2.27 bits per heavy atom. The van der Waals surface area contributed by atoms with E-state index < -0.39 is 0 Å². The summed E-state index contributed by atoms with van der Waals surface area (Å²) in [5.41, 5.74) is 0. The number of imidazole rings is 1. The van der Waals surface area contributed by atoms with Crippen LogP contribution in [0.15, 0.2) is 18.7 Å². The van der Waals surface area contributed by atoms with Gasteiger partial charge in [-0.1, -0.05) is 0 Å². The van der Waals surface area contributed by atoms with Crippen LogP contribution in [0.2, 0.25) is 0 Å². The maximum atomic E-state index is 4.01. The minimum absolute atomic E-state index is 0.342. The van der Waals surface area contributed by atoms with E-state index in [4.69, 9.17) is 0 Å². The number of aromatic nitrogens is 2. The van der Waals surface area contributed by atoms with Crippen LogP contribution in [0.3, 0.4) is 0 Å². The standard InChI is InChI=1S/C11H21N3S/c1-11(2,15-3)9-12-5-4-7-14-8-6-13-10-14/h6,8,10,12H,4-5,7,9H2,1-3H3. The summed E-state index contributed by atoms with van der Waals surface area (Å²) in [5.74, 6) is 0. The molecule has 0 aliphatic heterocycles. The van der Waals surface area contributed by atoms with Gasteiger partial charge in [0.25, 0.3) is 0 Å². The molecule has 1 aromatic rings. The molecule has 0 aliphatic rings. The van der Waals surface area contributed by atoms with E-state index in [9.17, 15) is 0 Å². The molecule has 0 bridgehead atoms. The molecule has 0 fully saturated rings. The molecule has 3 nitrogen and oxygen atoms in total. The third-order valence-corrected chi connectivity index (χ3v) is 3.68. The van der Waals surface area contributed by atoms with E-state index in [1.165, 1.54) is 0 Å². The number of hydrogen-bond donors (Lipinski definition) is 1. The van der Waals surface area contributed by atoms with Gasteiger partial charge in [0, 0.05) is 30.2 Å². The van der Waals surface area contributed by atoms with E-state index in [0.717, 1.165) is 26.1 Å². The smallest absolute Gasteiger partial charge is 0.0945 e. The van der Waals surface area contributed by atoms with Crippen molar-refractivity contribution in [3.05, 3.63) is 18.7 Å². The van der Waals surface area contributed by atoms with Crippen LogP contribution in [0.25, 0.3) is 0 Å². The zero-order valence-corrected chi connectivity index (χ0v) is 10.7. The van der Waals surface area contributed by atoms with Crippen LogP contribution in [0.4, 0.5) is 0 Å². The number of hydrogen-bond acceptors (Lipinski definition) is 3. The molecular weight excluding hydrogens is 206 g/mol. The molecule has 0 unspecified atom stereocenters. The molecule has 0 amide bonds. The summed E-state index contributed by atoms with van der Waals surface area (Å²) >= 11 is 1.91. The molecule has 0 radical (unpaired) electrons. The van der Waals surface area contributed by atoms with Gasteiger partial charge in [-0.25, -0.2) is 4.98 Å². The van der Waals surface area contributed by atoms with Gasteiger partial charge < -0.3 is 9.88 Å². The number of aryl methyl sites for hydroxylation is 1. The van der Waals surface area contributed by atoms with Crippen LogP contribution in [-0.2, 0) is 6.54 Å². The molecule has 0 aromatic carbocycles. The molecule has 15 heavy (non-hydrogen) atoms. The normalized spacial score (nSPS) is 11.9. The van der Waals surface area contributed by atoms with Gasteiger partial charge in [-0.15, -0.1) is 0 Å². The highest BCUT2D eigenvalue weighted by Gasteiger charge is 2.14. The second-order valence-electron chi connectivity index (χ2n) is 4.29. The van der Waals surface area contributed by atoms with E-state index >= 15 is 0 Å². The zero-order valence-electron chi connectivity index (χ0n) is 9.86. The lowest BCUT2D eigenvalue weighted by Crippen LogP contribution is -2.32. The summed E-state index contributed by atoms with van der Waals surface area (Å²) in [6.45, 7) is 7.72. The molecule has 1 heterocycles. The Balaban J connectivity index is 2.03. The summed E-state index contributed by atoms with van der Waals surface area (Å²) in [6.07, 6.45) is 9.01. The molecule has 4 heteroatoms. The molecule has 0 spiro atoms. The second kappa shape index (κ2) is 6.18. The van der Waals surface area contributed by atoms with E-state index in [1.54, 1.807) is 0 Å². The molecule has 86 valence electrons. The SMILES string of the molecule is CSC(C)(C)CNCCCn1ccnc1. The van der Waals surface area contributed by atoms with Gasteiger partial charge in [0.05, 0.1) is 6.33 Å². The molecular formula is C11H21N3S. The maximum Gasteiger partial charge on any atom is 0.0945 e. The van der Waals surface area contributed by atoms with Crippen molar-refractivity contribution in [3.63, 3.8) is 0 Å². The van der Waals surface area contributed by atoms with Crippen molar-refractivity contribution < 1.29 is 0 Å². The third-order valence-electron chi connectivity index (χ3n) is 2.43. The third kappa shape index (κ3) is 5.23. The first-order chi connectivity index (χ1) is 7.14. The first-order valence-corrected chi connectivity index (χ1v) is 6.58. The number of nitrogens with one attached hydrogen (secondary N) is 1. The minimum atomic E-state index is 0.342. The lowest BCUT2D eigenvalue weighted by atomic mass is 10.2. The fourth-order valence-corrected chi connectivity index (χ4v) is 1.51. The Morgan fingerprint density at radius 3 is 2.87 bits per heavy atom. The number of thioether (sulfide) groups is 1. The van der Waals surface area contributed by atoms with Crippen LogP contribution in [0.5, 0.6) is 0 Å². The highest BCUT2D eigenvalue weighted by atomic mass is 32.2. The Kier molecular flexibility index (Phi) is 5.19. The topological polar surface area (TPSA) is 29.9 Å². The van der Waals surface area contributed by atoms with E-state index in [1.807, 2.05) is 30.5 Å². The monoisotopic (exact) mass is 227 g/mol. The number of nitrogens with zero attached hydrogens (tertiary/aromatic N) is 2. The van der Waals surface area contributed by atoms with Gasteiger partial charge in [-0.3, -0.25) is 0 Å². The van der Waals surface area contributed by atoms with Crippen molar-refractivity contribution in [3.8, 4) is 0 Å². The van der Waals surface area contributed by atoms with Crippen LogP contribution >= 0.6 is 11.8 Å². The van der Waals surface area contributed by atoms with Crippen molar-refractivity contribution in [2.45, 2.75) is 31.6 Å². The van der Waals surface area contributed by atoms with Crippen LogP contribution in [0, 0.1) is 0 Å². The summed E-state index contributed by atoms with van der Waals surface area (Å²) in [4.78, 5) is 4.01. The quantitative estimate of drug-likeness (QED) is 0.723. The van der Waals surface area contributed by atoms with Crippen molar-refractivity contribution >= 4 is 11.8 Å². The predicted molar refractivity (Wildman–Crippen MR) is 67.3 cm³/mol. The van der Waals surface area contributed by atoms with Crippen molar-refractivity contribution in [2.24, 2.45) is 0 Å². The Morgan fingerprint density at radius 1 is 1.47 bits per heavy atom. The van der Waals surface area contributed by atoms with Crippen LogP contribution < -0.4 is 5.32 Å². The van der Waals surface area contributed by atoms with Gasteiger partial charge in [-0.05, 0) is 33.1 Å². The molecule has 0 atom stereocenters. The fourth-order valence-electron chi connectivity index (χ4n) is 1.27. The molecule has 0 saturated carbocycles. The summed E-state index contributed by atoms with van der Waals surface area (Å²) in [5, 5.41) is 3.48. The summed E-state index contributed by atoms with van der Waals surface area (Å²) < 4.78 is 2.45. The molecule has 0 aliphatic carbocycles. The molecule has 1 rings (SSSR count). The largest absolute Gasteiger partial charge is 0.337 e. The Bertz CT molecular complexity index is 257. The molecule has 1 aromatic heterocycles. The van der Waals surface area contributed by atoms with E-state index in [-0.39, 0.29) is 0 Å². The first kappa shape index (κ1) is 12.6. The van der Waals surface area contributed by atoms with E-state index in [2.05, 4.69) is 35.0 Å². The average molecular weight is 227 g/mol. The Labute approximate surface area is 96.7 Å². The first-order valence-electron chi connectivity index (χ1n) is 5.36. The zero-order chi connectivity index (χ0) is 11.1. The highest BCUT2D eigenvalue weighted by Crippen LogP contribution is 2.19.